The van der Waals surface area contributed by atoms with E-state index in [-0.39, 0.29) is 5.91 Å². The molecule has 0 saturated carbocycles. The van der Waals surface area contributed by atoms with Gasteiger partial charge in [0, 0.05) is 19.2 Å². The summed E-state index contributed by atoms with van der Waals surface area (Å²) in [6, 6.07) is 1.93. The molecule has 0 aliphatic heterocycles. The zero-order chi connectivity index (χ0) is 12.4. The number of hydrogen-bond acceptors (Lipinski definition) is 4. The van der Waals surface area contributed by atoms with Crippen molar-refractivity contribution in [3.05, 3.63) is 33.6 Å². The molecule has 2 heterocycles. The molecule has 17 heavy (non-hydrogen) atoms. The van der Waals surface area contributed by atoms with Crippen molar-refractivity contribution in [1.82, 2.24) is 15.1 Å². The number of rotatable bonds is 3. The minimum atomic E-state index is -0.0687. The van der Waals surface area contributed by atoms with Crippen LogP contribution in [0.5, 0.6) is 0 Å². The van der Waals surface area contributed by atoms with Crippen LogP contribution in [0.2, 0.25) is 0 Å². The maximum atomic E-state index is 11.8. The maximum absolute atomic E-state index is 11.8. The summed E-state index contributed by atoms with van der Waals surface area (Å²) in [5.41, 5.74) is 7.61. The molecule has 0 bridgehead atoms. The highest BCUT2D eigenvalue weighted by Crippen LogP contribution is 2.15. The topological polar surface area (TPSA) is 72.9 Å². The van der Waals surface area contributed by atoms with Gasteiger partial charge in [0.2, 0.25) is 0 Å². The fourth-order valence-electron chi connectivity index (χ4n) is 1.49. The second kappa shape index (κ2) is 4.58. The van der Waals surface area contributed by atoms with E-state index in [9.17, 15) is 4.79 Å². The largest absolute Gasteiger partial charge is 0.384 e. The second-order valence-corrected chi connectivity index (χ2v) is 4.71. The third-order valence-electron chi connectivity index (χ3n) is 2.57. The van der Waals surface area contributed by atoms with Crippen LogP contribution in [0.25, 0.3) is 0 Å². The van der Waals surface area contributed by atoms with E-state index in [0.29, 0.717) is 12.4 Å². The van der Waals surface area contributed by atoms with Crippen LogP contribution < -0.4 is 11.1 Å². The number of aromatic nitrogens is 2. The number of nitrogens with zero attached hydrogens (tertiary/aromatic N) is 2. The number of carbonyl (C=O) groups excluding carboxylic acids is 1. The first-order valence-electron chi connectivity index (χ1n) is 5.18. The van der Waals surface area contributed by atoms with Crippen LogP contribution in [0, 0.1) is 6.92 Å². The molecule has 2 rings (SSSR count). The van der Waals surface area contributed by atoms with Gasteiger partial charge in [-0.15, -0.1) is 11.3 Å². The van der Waals surface area contributed by atoms with Gasteiger partial charge in [-0.25, -0.2) is 0 Å². The summed E-state index contributed by atoms with van der Waals surface area (Å²) >= 11 is 1.44. The van der Waals surface area contributed by atoms with Crippen molar-refractivity contribution in [1.29, 1.82) is 0 Å². The molecule has 0 spiro atoms. The monoisotopic (exact) mass is 250 g/mol. The van der Waals surface area contributed by atoms with Gasteiger partial charge in [0.05, 0.1) is 11.1 Å². The average Bonchev–Trinajstić information content (AvgIpc) is 2.85. The Kier molecular flexibility index (Phi) is 3.14. The number of nitrogen functional groups attached to an aromatic ring is 1. The van der Waals surface area contributed by atoms with Crippen molar-refractivity contribution in [2.75, 3.05) is 5.73 Å². The Bertz CT molecular complexity index is 543. The van der Waals surface area contributed by atoms with E-state index in [4.69, 9.17) is 5.73 Å². The number of anilines is 1. The molecule has 90 valence electrons. The van der Waals surface area contributed by atoms with E-state index >= 15 is 0 Å². The number of nitrogens with one attached hydrogen (secondary N) is 1. The number of carbonyl (C=O) groups is 1. The molecular weight excluding hydrogens is 236 g/mol. The van der Waals surface area contributed by atoms with Crippen molar-refractivity contribution >= 4 is 23.1 Å². The van der Waals surface area contributed by atoms with Crippen LogP contribution in [0.3, 0.4) is 0 Å². The number of thiophene rings is 1. The highest BCUT2D eigenvalue weighted by Gasteiger charge is 2.11. The van der Waals surface area contributed by atoms with Gasteiger partial charge in [-0.1, -0.05) is 0 Å². The molecule has 0 atom stereocenters. The van der Waals surface area contributed by atoms with Gasteiger partial charge in [-0.05, 0) is 23.9 Å². The quantitative estimate of drug-likeness (QED) is 0.862. The molecule has 1 amide bonds. The first-order chi connectivity index (χ1) is 8.09. The zero-order valence-corrected chi connectivity index (χ0v) is 10.5. The van der Waals surface area contributed by atoms with Gasteiger partial charge in [-0.2, -0.15) is 5.10 Å². The third kappa shape index (κ3) is 2.31. The molecule has 5 nitrogen and oxygen atoms in total. The summed E-state index contributed by atoms with van der Waals surface area (Å²) in [6.45, 7) is 2.32. The third-order valence-corrected chi connectivity index (χ3v) is 3.59. The SMILES string of the molecule is Cc1ccsc1C(=O)NCc1cnn(C)c1N. The number of nitrogens with two attached hydrogens (primary N) is 1. The molecule has 2 aromatic rings. The molecule has 0 aliphatic carbocycles. The van der Waals surface area contributed by atoms with E-state index in [2.05, 4.69) is 10.4 Å². The van der Waals surface area contributed by atoms with Gasteiger partial charge in [-0.3, -0.25) is 9.48 Å². The van der Waals surface area contributed by atoms with Crippen LogP contribution in [-0.2, 0) is 13.6 Å². The van der Waals surface area contributed by atoms with Crippen LogP contribution in [0.15, 0.2) is 17.6 Å². The van der Waals surface area contributed by atoms with Crippen molar-refractivity contribution < 1.29 is 4.79 Å². The molecule has 0 radical (unpaired) electrons. The van der Waals surface area contributed by atoms with Gasteiger partial charge in [0.15, 0.2) is 0 Å². The molecule has 0 unspecified atom stereocenters. The van der Waals surface area contributed by atoms with Gasteiger partial charge in [0.1, 0.15) is 5.82 Å². The molecular formula is C11H14N4OS. The first-order valence-corrected chi connectivity index (χ1v) is 6.06. The number of aryl methyl sites for hydroxylation is 2. The summed E-state index contributed by atoms with van der Waals surface area (Å²) in [4.78, 5) is 12.6. The van der Waals surface area contributed by atoms with Crippen molar-refractivity contribution in [2.45, 2.75) is 13.5 Å². The van der Waals surface area contributed by atoms with Crippen molar-refractivity contribution in [3.8, 4) is 0 Å². The first kappa shape index (κ1) is 11.7. The standard InChI is InChI=1S/C11H14N4OS/c1-7-3-4-17-9(7)11(16)13-5-8-6-14-15(2)10(8)12/h3-4,6H,5,12H2,1-2H3,(H,13,16). The van der Waals surface area contributed by atoms with Crippen LogP contribution in [-0.4, -0.2) is 15.7 Å². The molecule has 0 fully saturated rings. The molecule has 0 aromatic carbocycles. The minimum absolute atomic E-state index is 0.0687. The highest BCUT2D eigenvalue weighted by atomic mass is 32.1. The fourth-order valence-corrected chi connectivity index (χ4v) is 2.33. The Morgan fingerprint density at radius 3 is 2.94 bits per heavy atom. The lowest BCUT2D eigenvalue weighted by Crippen LogP contribution is -2.22. The molecule has 3 N–H and O–H groups in total. The van der Waals surface area contributed by atoms with Crippen LogP contribution in [0.1, 0.15) is 20.8 Å². The zero-order valence-electron chi connectivity index (χ0n) is 9.73. The Labute approximate surface area is 103 Å². The summed E-state index contributed by atoms with van der Waals surface area (Å²) in [5, 5.41) is 8.76. The number of amides is 1. The normalized spacial score (nSPS) is 10.5. The van der Waals surface area contributed by atoms with Gasteiger partial charge < -0.3 is 11.1 Å². The predicted octanol–water partition coefficient (Wildman–Crippen LogP) is 1.30. The van der Waals surface area contributed by atoms with Gasteiger partial charge in [0.25, 0.3) is 5.91 Å². The maximum Gasteiger partial charge on any atom is 0.261 e. The number of hydrogen-bond donors (Lipinski definition) is 2. The Balaban J connectivity index is 2.02. The van der Waals surface area contributed by atoms with Crippen molar-refractivity contribution in [2.24, 2.45) is 7.05 Å². The van der Waals surface area contributed by atoms with E-state index < -0.39 is 0 Å². The van der Waals surface area contributed by atoms with Crippen LogP contribution >= 0.6 is 11.3 Å². The minimum Gasteiger partial charge on any atom is -0.384 e. The summed E-state index contributed by atoms with van der Waals surface area (Å²) in [5.74, 6) is 0.508. The molecule has 0 saturated heterocycles. The van der Waals surface area contributed by atoms with E-state index in [1.807, 2.05) is 18.4 Å². The molecule has 0 aliphatic rings. The lowest BCUT2D eigenvalue weighted by molar-refractivity contribution is 0.0954. The van der Waals surface area contributed by atoms with E-state index in [1.54, 1.807) is 17.9 Å². The lowest BCUT2D eigenvalue weighted by Gasteiger charge is -2.04. The van der Waals surface area contributed by atoms with Gasteiger partial charge >= 0.3 is 0 Å². The highest BCUT2D eigenvalue weighted by molar-refractivity contribution is 7.12. The van der Waals surface area contributed by atoms with E-state index in [0.717, 1.165) is 16.0 Å². The molecule has 6 heteroatoms. The Hall–Kier alpha value is -1.82. The fraction of sp³-hybridized carbons (Fsp3) is 0.273. The van der Waals surface area contributed by atoms with Crippen LogP contribution in [0.4, 0.5) is 5.82 Å². The lowest BCUT2D eigenvalue weighted by atomic mass is 10.2. The Morgan fingerprint density at radius 1 is 1.65 bits per heavy atom. The summed E-state index contributed by atoms with van der Waals surface area (Å²) in [6.07, 6.45) is 1.66. The summed E-state index contributed by atoms with van der Waals surface area (Å²) < 4.78 is 1.58. The Morgan fingerprint density at radius 2 is 2.41 bits per heavy atom. The smallest absolute Gasteiger partial charge is 0.261 e. The van der Waals surface area contributed by atoms with Crippen molar-refractivity contribution in [3.63, 3.8) is 0 Å². The summed E-state index contributed by atoms with van der Waals surface area (Å²) in [7, 11) is 1.77. The average molecular weight is 250 g/mol. The molecule has 2 aromatic heterocycles. The predicted molar refractivity (Wildman–Crippen MR) is 67.8 cm³/mol. The second-order valence-electron chi connectivity index (χ2n) is 3.79. The van der Waals surface area contributed by atoms with E-state index in [1.165, 1.54) is 11.3 Å².